The second kappa shape index (κ2) is 9.17. The number of sulfonamides is 1. The molecule has 0 aliphatic carbocycles. The lowest BCUT2D eigenvalue weighted by molar-refractivity contribution is -0.384. The molecule has 0 bridgehead atoms. The molecule has 0 saturated carbocycles. The first-order valence-corrected chi connectivity index (χ1v) is 10.5. The topological polar surface area (TPSA) is 87.0 Å². The summed E-state index contributed by atoms with van der Waals surface area (Å²) in [6.07, 6.45) is 5.97. The van der Waals surface area contributed by atoms with Crippen LogP contribution in [-0.4, -0.2) is 68.4 Å². The fraction of sp³-hybridized carbons (Fsp3) is 0.556. The smallest absolute Gasteiger partial charge is 0.293 e. The van der Waals surface area contributed by atoms with Crippen molar-refractivity contribution in [2.45, 2.75) is 25.2 Å². The monoisotopic (exact) mass is 394 g/mol. The third-order valence-electron chi connectivity index (χ3n) is 4.77. The van der Waals surface area contributed by atoms with Crippen molar-refractivity contribution in [1.29, 1.82) is 0 Å². The fourth-order valence-corrected chi connectivity index (χ4v) is 4.70. The highest BCUT2D eigenvalue weighted by Gasteiger charge is 2.28. The Kier molecular flexibility index (Phi) is 7.18. The van der Waals surface area contributed by atoms with Crippen LogP contribution in [0.25, 0.3) is 0 Å². The van der Waals surface area contributed by atoms with Gasteiger partial charge in [0.2, 0.25) is 10.0 Å². The number of nitrogens with zero attached hydrogens (tertiary/aromatic N) is 4. The van der Waals surface area contributed by atoms with Gasteiger partial charge in [0.15, 0.2) is 0 Å². The first-order valence-electron chi connectivity index (χ1n) is 9.04. The van der Waals surface area contributed by atoms with E-state index in [9.17, 15) is 18.5 Å². The van der Waals surface area contributed by atoms with E-state index in [2.05, 4.69) is 10.8 Å². The lowest BCUT2D eigenvalue weighted by Gasteiger charge is -2.35. The van der Waals surface area contributed by atoms with Gasteiger partial charge in [-0.15, -0.1) is 12.3 Å². The Morgan fingerprint density at radius 2 is 1.85 bits per heavy atom. The van der Waals surface area contributed by atoms with Gasteiger partial charge in [0, 0.05) is 58.3 Å². The van der Waals surface area contributed by atoms with Gasteiger partial charge in [0.1, 0.15) is 5.69 Å². The van der Waals surface area contributed by atoms with Crippen LogP contribution in [0.5, 0.6) is 0 Å². The van der Waals surface area contributed by atoms with Crippen molar-refractivity contribution in [2.75, 3.05) is 50.7 Å². The van der Waals surface area contributed by atoms with Crippen molar-refractivity contribution >= 4 is 21.4 Å². The normalized spacial score (nSPS) is 15.7. The molecule has 0 amide bonds. The zero-order valence-corrected chi connectivity index (χ0v) is 16.6. The molecule has 8 nitrogen and oxygen atoms in total. The van der Waals surface area contributed by atoms with Crippen molar-refractivity contribution in [1.82, 2.24) is 9.21 Å². The van der Waals surface area contributed by atoms with Gasteiger partial charge in [-0.1, -0.05) is 13.8 Å². The zero-order valence-electron chi connectivity index (χ0n) is 15.8. The number of rotatable bonds is 8. The molecule has 0 N–H and O–H groups in total. The van der Waals surface area contributed by atoms with Crippen molar-refractivity contribution < 1.29 is 13.3 Å². The Bertz CT molecular complexity index is 807. The van der Waals surface area contributed by atoms with Gasteiger partial charge in [-0.25, -0.2) is 8.42 Å². The summed E-state index contributed by atoms with van der Waals surface area (Å²) < 4.78 is 26.6. The van der Waals surface area contributed by atoms with Crippen LogP contribution in [0.4, 0.5) is 11.4 Å². The minimum absolute atomic E-state index is 0.0469. The summed E-state index contributed by atoms with van der Waals surface area (Å²) in [7, 11) is -3.74. The Labute approximate surface area is 160 Å². The summed E-state index contributed by atoms with van der Waals surface area (Å²) in [6.45, 7) is 7.71. The molecule has 1 aromatic rings. The predicted octanol–water partition coefficient (Wildman–Crippen LogP) is 1.77. The van der Waals surface area contributed by atoms with E-state index in [1.54, 1.807) is 19.9 Å². The zero-order chi connectivity index (χ0) is 20.0. The Balaban J connectivity index is 2.27. The molecule has 0 aromatic heterocycles. The van der Waals surface area contributed by atoms with E-state index in [1.807, 2.05) is 4.90 Å². The van der Waals surface area contributed by atoms with Crippen molar-refractivity contribution in [2.24, 2.45) is 0 Å². The maximum Gasteiger partial charge on any atom is 0.293 e. The molecule has 9 heteroatoms. The highest BCUT2D eigenvalue weighted by Crippen LogP contribution is 2.32. The van der Waals surface area contributed by atoms with Gasteiger partial charge in [-0.2, -0.15) is 4.31 Å². The molecule has 148 valence electrons. The quantitative estimate of drug-likeness (QED) is 0.379. The first kappa shape index (κ1) is 21.2. The molecule has 0 unspecified atom stereocenters. The lowest BCUT2D eigenvalue weighted by Crippen LogP contribution is -2.46. The number of hydrogen-bond donors (Lipinski definition) is 0. The number of nitro benzene ring substituents is 1. The molecular formula is C18H26N4O4S. The number of anilines is 1. The Morgan fingerprint density at radius 3 is 2.37 bits per heavy atom. The molecular weight excluding hydrogens is 368 g/mol. The lowest BCUT2D eigenvalue weighted by atomic mass is 10.2. The summed E-state index contributed by atoms with van der Waals surface area (Å²) in [5, 5.41) is 11.6. The Morgan fingerprint density at radius 1 is 1.22 bits per heavy atom. The standard InChI is InChI=1S/C18H26N4O4S/c1-4-7-10-19-11-13-20(14-12-19)17-9-8-16(15-18(17)22(23)24)27(25,26)21(5-2)6-3/h1,8-9,15H,5-7,10-14H2,2-3H3. The molecule has 1 fully saturated rings. The van der Waals surface area contributed by atoms with Crippen molar-refractivity contribution in [3.63, 3.8) is 0 Å². The van der Waals surface area contributed by atoms with Gasteiger partial charge in [0.05, 0.1) is 9.82 Å². The third kappa shape index (κ3) is 4.77. The van der Waals surface area contributed by atoms with Crippen LogP contribution in [0.2, 0.25) is 0 Å². The average molecular weight is 394 g/mol. The molecule has 2 rings (SSSR count). The molecule has 0 radical (unpaired) electrons. The molecule has 1 heterocycles. The molecule has 1 aliphatic rings. The van der Waals surface area contributed by atoms with Crippen LogP contribution in [-0.2, 0) is 10.0 Å². The summed E-state index contributed by atoms with van der Waals surface area (Å²) >= 11 is 0. The molecule has 1 saturated heterocycles. The molecule has 0 spiro atoms. The SMILES string of the molecule is C#CCCN1CCN(c2ccc(S(=O)(=O)N(CC)CC)cc2[N+](=O)[O-])CC1. The van der Waals surface area contributed by atoms with Gasteiger partial charge in [0.25, 0.3) is 5.69 Å². The van der Waals surface area contributed by atoms with Gasteiger partial charge in [-0.05, 0) is 12.1 Å². The molecule has 27 heavy (non-hydrogen) atoms. The molecule has 1 aromatic carbocycles. The van der Waals surface area contributed by atoms with Gasteiger partial charge >= 0.3 is 0 Å². The van der Waals surface area contributed by atoms with Crippen LogP contribution in [0, 0.1) is 22.5 Å². The highest BCUT2D eigenvalue weighted by atomic mass is 32.2. The van der Waals surface area contributed by atoms with E-state index >= 15 is 0 Å². The third-order valence-corrected chi connectivity index (χ3v) is 6.82. The molecule has 0 atom stereocenters. The second-order valence-corrected chi connectivity index (χ2v) is 8.22. The van der Waals surface area contributed by atoms with E-state index < -0.39 is 14.9 Å². The van der Waals surface area contributed by atoms with Crippen molar-refractivity contribution in [3.8, 4) is 12.3 Å². The van der Waals surface area contributed by atoms with Gasteiger partial charge in [-0.3, -0.25) is 15.0 Å². The summed E-state index contributed by atoms with van der Waals surface area (Å²) in [4.78, 5) is 15.2. The number of piperazine rings is 1. The highest BCUT2D eigenvalue weighted by molar-refractivity contribution is 7.89. The predicted molar refractivity (Wildman–Crippen MR) is 105 cm³/mol. The van der Waals surface area contributed by atoms with Crippen LogP contribution in [0.3, 0.4) is 0 Å². The number of nitro groups is 1. The largest absolute Gasteiger partial charge is 0.363 e. The van der Waals surface area contributed by atoms with Crippen LogP contribution in [0.1, 0.15) is 20.3 Å². The average Bonchev–Trinajstić information content (AvgIpc) is 2.67. The first-order chi connectivity index (χ1) is 12.8. The summed E-state index contributed by atoms with van der Waals surface area (Å²) in [6, 6.07) is 4.18. The van der Waals surface area contributed by atoms with E-state index in [0.717, 1.165) is 19.6 Å². The second-order valence-electron chi connectivity index (χ2n) is 6.28. The van der Waals surface area contributed by atoms with E-state index in [1.165, 1.54) is 16.4 Å². The summed E-state index contributed by atoms with van der Waals surface area (Å²) in [5.74, 6) is 2.62. The van der Waals surface area contributed by atoms with Crippen LogP contribution in [0.15, 0.2) is 23.1 Å². The van der Waals surface area contributed by atoms with E-state index in [0.29, 0.717) is 38.3 Å². The summed E-state index contributed by atoms with van der Waals surface area (Å²) in [5.41, 5.74) is 0.274. The minimum Gasteiger partial charge on any atom is -0.363 e. The van der Waals surface area contributed by atoms with Gasteiger partial charge < -0.3 is 4.90 Å². The minimum atomic E-state index is -3.74. The van der Waals surface area contributed by atoms with Crippen LogP contribution >= 0.6 is 0 Å². The number of benzene rings is 1. The van der Waals surface area contributed by atoms with Crippen LogP contribution < -0.4 is 4.90 Å². The Hall–Kier alpha value is -2.15. The van der Waals surface area contributed by atoms with E-state index in [-0.39, 0.29) is 10.6 Å². The number of terminal acetylenes is 1. The van der Waals surface area contributed by atoms with Crippen molar-refractivity contribution in [3.05, 3.63) is 28.3 Å². The molecule has 1 aliphatic heterocycles. The van der Waals surface area contributed by atoms with E-state index in [4.69, 9.17) is 6.42 Å². The fourth-order valence-electron chi connectivity index (χ4n) is 3.22. The maximum absolute atomic E-state index is 12.7. The maximum atomic E-state index is 12.7. The number of hydrogen-bond acceptors (Lipinski definition) is 6.